The van der Waals surface area contributed by atoms with Gasteiger partial charge < -0.3 is 15.0 Å². The fourth-order valence-corrected chi connectivity index (χ4v) is 0.649. The van der Waals surface area contributed by atoms with E-state index in [1.54, 1.807) is 0 Å². The zero-order valence-corrected chi connectivity index (χ0v) is 5.11. The SMILES string of the molecule is O=Cc1ccc(B(O)O)[nH]1. The summed E-state index contributed by atoms with van der Waals surface area (Å²) in [7, 11) is -1.53. The molecule has 0 aliphatic rings. The Hall–Kier alpha value is -1.07. The Morgan fingerprint density at radius 1 is 1.50 bits per heavy atom. The Morgan fingerprint density at radius 3 is 2.50 bits per heavy atom. The third kappa shape index (κ3) is 1.26. The van der Waals surface area contributed by atoms with E-state index in [-0.39, 0.29) is 5.59 Å². The molecule has 4 nitrogen and oxygen atoms in total. The summed E-state index contributed by atoms with van der Waals surface area (Å²) < 4.78 is 0. The maximum atomic E-state index is 10.0. The van der Waals surface area contributed by atoms with Gasteiger partial charge in [0.2, 0.25) is 0 Å². The molecule has 0 spiro atoms. The van der Waals surface area contributed by atoms with E-state index < -0.39 is 7.12 Å². The monoisotopic (exact) mass is 139 g/mol. The molecule has 0 aromatic carbocycles. The second kappa shape index (κ2) is 2.68. The summed E-state index contributed by atoms with van der Waals surface area (Å²) in [6, 6.07) is 2.91. The Morgan fingerprint density at radius 2 is 2.20 bits per heavy atom. The minimum Gasteiger partial charge on any atom is -0.422 e. The van der Waals surface area contributed by atoms with Crippen LogP contribution in [0, 0.1) is 0 Å². The van der Waals surface area contributed by atoms with Gasteiger partial charge in [-0.05, 0) is 12.1 Å². The van der Waals surface area contributed by atoms with Crippen molar-refractivity contribution in [1.82, 2.24) is 4.98 Å². The van der Waals surface area contributed by atoms with Crippen LogP contribution in [-0.4, -0.2) is 28.4 Å². The van der Waals surface area contributed by atoms with Crippen LogP contribution in [0.5, 0.6) is 0 Å². The van der Waals surface area contributed by atoms with Crippen molar-refractivity contribution in [1.29, 1.82) is 0 Å². The van der Waals surface area contributed by atoms with Crippen LogP contribution in [0.3, 0.4) is 0 Å². The molecule has 1 aromatic rings. The third-order valence-electron chi connectivity index (χ3n) is 1.14. The molecular formula is C5H6BNO3. The number of rotatable bonds is 2. The molecule has 0 saturated carbocycles. The van der Waals surface area contributed by atoms with E-state index in [9.17, 15) is 4.79 Å². The molecule has 0 amide bonds. The highest BCUT2D eigenvalue weighted by molar-refractivity contribution is 6.57. The first-order valence-corrected chi connectivity index (χ1v) is 2.74. The maximum Gasteiger partial charge on any atom is 0.505 e. The number of aromatic nitrogens is 1. The molecule has 0 aliphatic heterocycles. The van der Waals surface area contributed by atoms with E-state index in [4.69, 9.17) is 10.0 Å². The number of aldehydes is 1. The minimum atomic E-state index is -1.53. The highest BCUT2D eigenvalue weighted by Gasteiger charge is 2.11. The molecule has 0 aliphatic carbocycles. The molecule has 10 heavy (non-hydrogen) atoms. The van der Waals surface area contributed by atoms with Crippen LogP contribution in [0.2, 0.25) is 0 Å². The fourth-order valence-electron chi connectivity index (χ4n) is 0.649. The molecule has 5 heteroatoms. The number of nitrogens with one attached hydrogen (secondary N) is 1. The molecule has 1 aromatic heterocycles. The number of carbonyl (C=O) groups excluding carboxylic acids is 1. The second-order valence-electron chi connectivity index (χ2n) is 1.86. The Balaban J connectivity index is 2.88. The summed E-state index contributed by atoms with van der Waals surface area (Å²) in [5, 5.41) is 17.1. The zero-order valence-electron chi connectivity index (χ0n) is 5.11. The molecule has 0 unspecified atom stereocenters. The molecule has 0 bridgehead atoms. The average molecular weight is 139 g/mol. The summed E-state index contributed by atoms with van der Waals surface area (Å²) >= 11 is 0. The van der Waals surface area contributed by atoms with Crippen LogP contribution in [0.25, 0.3) is 0 Å². The van der Waals surface area contributed by atoms with Crippen LogP contribution >= 0.6 is 0 Å². The van der Waals surface area contributed by atoms with Gasteiger partial charge in [0.25, 0.3) is 0 Å². The number of aromatic amines is 1. The second-order valence-corrected chi connectivity index (χ2v) is 1.86. The lowest BCUT2D eigenvalue weighted by Gasteiger charge is -1.90. The normalized spacial score (nSPS) is 9.40. The standard InChI is InChI=1S/C5H6BNO3/c8-3-4-1-2-5(7-4)6(9)10/h1-3,7,9-10H. The van der Waals surface area contributed by atoms with E-state index in [0.717, 1.165) is 0 Å². The van der Waals surface area contributed by atoms with Crippen LogP contribution in [0.4, 0.5) is 0 Å². The number of hydrogen-bond donors (Lipinski definition) is 3. The smallest absolute Gasteiger partial charge is 0.422 e. The van der Waals surface area contributed by atoms with Gasteiger partial charge in [0.1, 0.15) is 0 Å². The molecular weight excluding hydrogens is 133 g/mol. The molecule has 1 rings (SSSR count). The number of hydrogen-bond acceptors (Lipinski definition) is 3. The van der Waals surface area contributed by atoms with Gasteiger partial charge >= 0.3 is 7.12 Å². The van der Waals surface area contributed by atoms with Crippen molar-refractivity contribution in [3.63, 3.8) is 0 Å². The number of carbonyl (C=O) groups is 1. The minimum absolute atomic E-state index is 0.224. The predicted molar refractivity (Wildman–Crippen MR) is 36.0 cm³/mol. The van der Waals surface area contributed by atoms with E-state index in [1.165, 1.54) is 12.1 Å². The maximum absolute atomic E-state index is 10.0. The first-order chi connectivity index (χ1) is 4.74. The van der Waals surface area contributed by atoms with E-state index in [2.05, 4.69) is 4.98 Å². The lowest BCUT2D eigenvalue weighted by molar-refractivity contribution is 0.111. The van der Waals surface area contributed by atoms with Crippen LogP contribution in [-0.2, 0) is 0 Å². The lowest BCUT2D eigenvalue weighted by Crippen LogP contribution is -2.30. The topological polar surface area (TPSA) is 73.3 Å². The van der Waals surface area contributed by atoms with Crippen molar-refractivity contribution in [3.05, 3.63) is 17.8 Å². The molecule has 52 valence electrons. The van der Waals surface area contributed by atoms with Gasteiger partial charge in [-0.2, -0.15) is 0 Å². The predicted octanol–water partition coefficient (Wildman–Crippen LogP) is -1.49. The summed E-state index contributed by atoms with van der Waals surface area (Å²) in [6.07, 6.45) is 0.603. The Labute approximate surface area is 57.6 Å². The van der Waals surface area contributed by atoms with Crippen LogP contribution < -0.4 is 5.59 Å². The highest BCUT2D eigenvalue weighted by Crippen LogP contribution is 1.86. The summed E-state index contributed by atoms with van der Waals surface area (Å²) in [5.41, 5.74) is 0.560. The van der Waals surface area contributed by atoms with E-state index >= 15 is 0 Å². The number of H-pyrrole nitrogens is 1. The summed E-state index contributed by atoms with van der Waals surface area (Å²) in [5.74, 6) is 0. The van der Waals surface area contributed by atoms with Gasteiger partial charge in [-0.15, -0.1) is 0 Å². The van der Waals surface area contributed by atoms with Gasteiger partial charge in [0.05, 0.1) is 5.69 Å². The van der Waals surface area contributed by atoms with E-state index in [1.807, 2.05) is 0 Å². The van der Waals surface area contributed by atoms with Gasteiger partial charge in [-0.1, -0.05) is 0 Å². The Kier molecular flexibility index (Phi) is 1.89. The molecule has 3 N–H and O–H groups in total. The summed E-state index contributed by atoms with van der Waals surface area (Å²) in [4.78, 5) is 12.5. The van der Waals surface area contributed by atoms with Crippen molar-refractivity contribution < 1.29 is 14.8 Å². The molecule has 0 atom stereocenters. The third-order valence-corrected chi connectivity index (χ3v) is 1.14. The lowest BCUT2D eigenvalue weighted by atomic mass is 9.87. The molecule has 0 saturated heterocycles. The van der Waals surface area contributed by atoms with Crippen LogP contribution in [0.15, 0.2) is 12.1 Å². The van der Waals surface area contributed by atoms with Crippen LogP contribution in [0.1, 0.15) is 10.5 Å². The quantitative estimate of drug-likeness (QED) is 0.345. The zero-order chi connectivity index (χ0) is 7.56. The summed E-state index contributed by atoms with van der Waals surface area (Å²) in [6.45, 7) is 0. The largest absolute Gasteiger partial charge is 0.505 e. The Bertz CT molecular complexity index is 233. The fraction of sp³-hybridized carbons (Fsp3) is 0. The van der Waals surface area contributed by atoms with Crippen molar-refractivity contribution in [2.24, 2.45) is 0 Å². The van der Waals surface area contributed by atoms with Gasteiger partial charge in [-0.25, -0.2) is 0 Å². The molecule has 1 heterocycles. The van der Waals surface area contributed by atoms with Gasteiger partial charge in [-0.3, -0.25) is 4.79 Å². The molecule has 0 radical (unpaired) electrons. The van der Waals surface area contributed by atoms with Crippen molar-refractivity contribution in [3.8, 4) is 0 Å². The highest BCUT2D eigenvalue weighted by atomic mass is 16.4. The van der Waals surface area contributed by atoms with Crippen molar-refractivity contribution in [2.75, 3.05) is 0 Å². The average Bonchev–Trinajstić information content (AvgIpc) is 2.34. The van der Waals surface area contributed by atoms with Crippen molar-refractivity contribution in [2.45, 2.75) is 0 Å². The molecule has 0 fully saturated rings. The first kappa shape index (κ1) is 7.05. The van der Waals surface area contributed by atoms with Gasteiger partial charge in [0.15, 0.2) is 6.29 Å². The van der Waals surface area contributed by atoms with Crippen molar-refractivity contribution >= 4 is 19.0 Å². The first-order valence-electron chi connectivity index (χ1n) is 2.74. The van der Waals surface area contributed by atoms with E-state index in [0.29, 0.717) is 12.0 Å². The van der Waals surface area contributed by atoms with Gasteiger partial charge in [0, 0.05) is 5.59 Å².